The first-order chi connectivity index (χ1) is 11.9. The van der Waals surface area contributed by atoms with Gasteiger partial charge in [0.15, 0.2) is 18.2 Å². The summed E-state index contributed by atoms with van der Waals surface area (Å²) in [6.07, 6.45) is -0.166. The molecule has 0 saturated heterocycles. The summed E-state index contributed by atoms with van der Waals surface area (Å²) in [6.45, 7) is -0.474. The van der Waals surface area contributed by atoms with Gasteiger partial charge in [0, 0.05) is 5.69 Å². The third-order valence-corrected chi connectivity index (χ3v) is 3.87. The van der Waals surface area contributed by atoms with E-state index in [9.17, 15) is 14.0 Å². The highest BCUT2D eigenvalue weighted by Gasteiger charge is 2.11. The SMILES string of the molecule is COc1ccc(CC(=O)OCC(=O)Nc2ccc(Cl)c(Cl)c2)cc1F. The number of methoxy groups -OCH3 is 1. The minimum absolute atomic E-state index is 0.0816. The van der Waals surface area contributed by atoms with E-state index in [1.54, 1.807) is 12.1 Å². The Labute approximate surface area is 153 Å². The van der Waals surface area contributed by atoms with Crippen LogP contribution in [0.5, 0.6) is 5.75 Å². The van der Waals surface area contributed by atoms with E-state index in [0.29, 0.717) is 16.3 Å². The van der Waals surface area contributed by atoms with Crippen LogP contribution >= 0.6 is 23.2 Å². The number of anilines is 1. The number of esters is 1. The molecule has 0 aliphatic carbocycles. The van der Waals surface area contributed by atoms with Crippen molar-refractivity contribution in [2.75, 3.05) is 19.0 Å². The van der Waals surface area contributed by atoms with Crippen molar-refractivity contribution in [2.45, 2.75) is 6.42 Å². The Balaban J connectivity index is 1.83. The van der Waals surface area contributed by atoms with E-state index in [2.05, 4.69) is 5.32 Å². The maximum absolute atomic E-state index is 13.6. The Morgan fingerprint density at radius 3 is 2.52 bits per heavy atom. The van der Waals surface area contributed by atoms with E-state index in [1.165, 1.54) is 31.4 Å². The minimum Gasteiger partial charge on any atom is -0.494 e. The summed E-state index contributed by atoms with van der Waals surface area (Å²) in [4.78, 5) is 23.5. The molecule has 1 N–H and O–H groups in total. The van der Waals surface area contributed by atoms with Crippen LogP contribution in [0.15, 0.2) is 36.4 Å². The van der Waals surface area contributed by atoms with Gasteiger partial charge in [0.05, 0.1) is 23.6 Å². The van der Waals surface area contributed by atoms with E-state index in [0.717, 1.165) is 0 Å². The summed E-state index contributed by atoms with van der Waals surface area (Å²) in [5, 5.41) is 3.17. The average Bonchev–Trinajstić information content (AvgIpc) is 2.56. The first-order valence-electron chi connectivity index (χ1n) is 7.12. The zero-order valence-corrected chi connectivity index (χ0v) is 14.7. The average molecular weight is 386 g/mol. The van der Waals surface area contributed by atoms with Gasteiger partial charge in [-0.1, -0.05) is 29.3 Å². The van der Waals surface area contributed by atoms with Gasteiger partial charge in [-0.05, 0) is 35.9 Å². The highest BCUT2D eigenvalue weighted by atomic mass is 35.5. The second-order valence-electron chi connectivity index (χ2n) is 4.98. The summed E-state index contributed by atoms with van der Waals surface area (Å²) in [5.41, 5.74) is 0.834. The summed E-state index contributed by atoms with van der Waals surface area (Å²) in [5.74, 6) is -1.69. The number of amides is 1. The van der Waals surface area contributed by atoms with Crippen molar-refractivity contribution in [3.8, 4) is 5.75 Å². The molecule has 0 bridgehead atoms. The monoisotopic (exact) mass is 385 g/mol. The third-order valence-electron chi connectivity index (χ3n) is 3.13. The fourth-order valence-electron chi connectivity index (χ4n) is 1.95. The Hall–Kier alpha value is -2.31. The lowest BCUT2D eigenvalue weighted by atomic mass is 10.1. The molecule has 132 valence electrons. The van der Waals surface area contributed by atoms with E-state index >= 15 is 0 Å². The number of hydrogen-bond donors (Lipinski definition) is 1. The summed E-state index contributed by atoms with van der Waals surface area (Å²) in [6, 6.07) is 8.70. The van der Waals surface area contributed by atoms with Crippen LogP contribution in [0, 0.1) is 5.82 Å². The van der Waals surface area contributed by atoms with Crippen molar-refractivity contribution in [1.29, 1.82) is 0 Å². The quantitative estimate of drug-likeness (QED) is 0.766. The molecular formula is C17H14Cl2FNO4. The molecule has 0 atom stereocenters. The molecule has 8 heteroatoms. The number of halogens is 3. The standard InChI is InChI=1S/C17H14Cl2FNO4/c1-24-15-5-2-10(6-14(15)20)7-17(23)25-9-16(22)21-11-3-4-12(18)13(19)8-11/h2-6,8H,7,9H2,1H3,(H,21,22). The van der Waals surface area contributed by atoms with Gasteiger partial charge < -0.3 is 14.8 Å². The molecule has 0 aliphatic heterocycles. The van der Waals surface area contributed by atoms with Crippen LogP contribution in [0.2, 0.25) is 10.0 Å². The zero-order valence-electron chi connectivity index (χ0n) is 13.1. The van der Waals surface area contributed by atoms with Gasteiger partial charge in [-0.25, -0.2) is 4.39 Å². The second kappa shape index (κ2) is 8.69. The van der Waals surface area contributed by atoms with Crippen LogP contribution in [0.3, 0.4) is 0 Å². The lowest BCUT2D eigenvalue weighted by Crippen LogP contribution is -2.21. The van der Waals surface area contributed by atoms with Crippen LogP contribution < -0.4 is 10.1 Å². The topological polar surface area (TPSA) is 64.6 Å². The Kier molecular flexibility index (Phi) is 6.61. The van der Waals surface area contributed by atoms with Crippen molar-refractivity contribution < 1.29 is 23.5 Å². The number of hydrogen-bond acceptors (Lipinski definition) is 4. The molecule has 1 amide bonds. The molecule has 0 radical (unpaired) electrons. The van der Waals surface area contributed by atoms with Gasteiger partial charge in [0.25, 0.3) is 5.91 Å². The maximum Gasteiger partial charge on any atom is 0.310 e. The molecule has 0 fully saturated rings. The first kappa shape index (κ1) is 19.0. The predicted molar refractivity (Wildman–Crippen MR) is 92.7 cm³/mol. The molecule has 0 aliphatic rings. The highest BCUT2D eigenvalue weighted by Crippen LogP contribution is 2.25. The number of ether oxygens (including phenoxy) is 2. The third kappa shape index (κ3) is 5.62. The second-order valence-corrected chi connectivity index (χ2v) is 5.80. The number of nitrogens with one attached hydrogen (secondary N) is 1. The Morgan fingerprint density at radius 2 is 1.88 bits per heavy atom. The molecule has 25 heavy (non-hydrogen) atoms. The van der Waals surface area contributed by atoms with Crippen molar-refractivity contribution in [1.82, 2.24) is 0 Å². The molecule has 5 nitrogen and oxygen atoms in total. The van der Waals surface area contributed by atoms with Gasteiger partial charge >= 0.3 is 5.97 Å². The van der Waals surface area contributed by atoms with E-state index in [-0.39, 0.29) is 17.2 Å². The minimum atomic E-state index is -0.658. The van der Waals surface area contributed by atoms with Crippen LogP contribution in [-0.4, -0.2) is 25.6 Å². The number of benzene rings is 2. The van der Waals surface area contributed by atoms with Gasteiger partial charge in [-0.3, -0.25) is 9.59 Å². The van der Waals surface area contributed by atoms with Crippen LogP contribution in [-0.2, 0) is 20.7 Å². The zero-order chi connectivity index (χ0) is 18.4. The molecule has 0 spiro atoms. The molecule has 0 aromatic heterocycles. The largest absolute Gasteiger partial charge is 0.494 e. The lowest BCUT2D eigenvalue weighted by molar-refractivity contribution is -0.146. The van der Waals surface area contributed by atoms with Crippen molar-refractivity contribution in [3.05, 3.63) is 57.8 Å². The highest BCUT2D eigenvalue weighted by molar-refractivity contribution is 6.42. The fourth-order valence-corrected chi connectivity index (χ4v) is 2.25. The normalized spacial score (nSPS) is 10.2. The van der Waals surface area contributed by atoms with Crippen LogP contribution in [0.4, 0.5) is 10.1 Å². The number of carbonyl (C=O) groups excluding carboxylic acids is 2. The molecule has 0 unspecified atom stereocenters. The van der Waals surface area contributed by atoms with Crippen molar-refractivity contribution >= 4 is 40.8 Å². The first-order valence-corrected chi connectivity index (χ1v) is 7.87. The molecule has 2 rings (SSSR count). The molecule has 2 aromatic rings. The summed E-state index contributed by atoms with van der Waals surface area (Å²) >= 11 is 11.6. The van der Waals surface area contributed by atoms with E-state index in [4.69, 9.17) is 32.7 Å². The molecule has 2 aromatic carbocycles. The molecule has 0 heterocycles. The smallest absolute Gasteiger partial charge is 0.310 e. The van der Waals surface area contributed by atoms with Crippen LogP contribution in [0.1, 0.15) is 5.56 Å². The van der Waals surface area contributed by atoms with E-state index < -0.39 is 24.3 Å². The predicted octanol–water partition coefficient (Wildman–Crippen LogP) is 3.87. The fraction of sp³-hybridized carbons (Fsp3) is 0.176. The Bertz CT molecular complexity index is 798. The van der Waals surface area contributed by atoms with Gasteiger partial charge in [0.2, 0.25) is 0 Å². The summed E-state index contributed by atoms with van der Waals surface area (Å²) < 4.78 is 23.2. The van der Waals surface area contributed by atoms with Crippen LogP contribution in [0.25, 0.3) is 0 Å². The molecular weight excluding hydrogens is 372 g/mol. The number of carbonyl (C=O) groups is 2. The van der Waals surface area contributed by atoms with Crippen molar-refractivity contribution in [2.24, 2.45) is 0 Å². The number of rotatable bonds is 6. The van der Waals surface area contributed by atoms with E-state index in [1.807, 2.05) is 0 Å². The van der Waals surface area contributed by atoms with Gasteiger partial charge in [-0.15, -0.1) is 0 Å². The van der Waals surface area contributed by atoms with Gasteiger partial charge in [0.1, 0.15) is 0 Å². The lowest BCUT2D eigenvalue weighted by Gasteiger charge is -2.08. The molecule has 0 saturated carbocycles. The van der Waals surface area contributed by atoms with Gasteiger partial charge in [-0.2, -0.15) is 0 Å². The summed E-state index contributed by atoms with van der Waals surface area (Å²) in [7, 11) is 1.35. The Morgan fingerprint density at radius 1 is 1.12 bits per heavy atom. The maximum atomic E-state index is 13.6. The van der Waals surface area contributed by atoms with Crippen molar-refractivity contribution in [3.63, 3.8) is 0 Å².